The molecule has 1 aromatic carbocycles. The van der Waals surface area contributed by atoms with Gasteiger partial charge < -0.3 is 14.8 Å². The summed E-state index contributed by atoms with van der Waals surface area (Å²) in [4.78, 5) is 43.9. The Morgan fingerprint density at radius 1 is 1.17 bits per heavy atom. The minimum Gasteiger partial charge on any atom is -0.486 e. The molecule has 0 spiro atoms. The number of thiazole rings is 1. The molecular weight excluding hydrogens is 396 g/mol. The Balaban J connectivity index is 1.46. The van der Waals surface area contributed by atoms with E-state index in [9.17, 15) is 14.4 Å². The molecular formula is C19H16N4O5S. The van der Waals surface area contributed by atoms with Gasteiger partial charge in [-0.1, -0.05) is 6.07 Å². The molecule has 4 heterocycles. The van der Waals surface area contributed by atoms with Gasteiger partial charge in [0, 0.05) is 17.6 Å². The van der Waals surface area contributed by atoms with E-state index in [1.165, 1.54) is 21.8 Å². The number of nitrogens with zero attached hydrogens (tertiary/aromatic N) is 3. The third kappa shape index (κ3) is 2.75. The van der Waals surface area contributed by atoms with Gasteiger partial charge in [0.1, 0.15) is 18.8 Å². The van der Waals surface area contributed by atoms with E-state index in [1.54, 1.807) is 36.7 Å². The van der Waals surface area contributed by atoms with E-state index in [2.05, 4.69) is 10.3 Å². The van der Waals surface area contributed by atoms with Gasteiger partial charge in [-0.2, -0.15) is 0 Å². The lowest BCUT2D eigenvalue weighted by Gasteiger charge is -2.25. The van der Waals surface area contributed by atoms with Gasteiger partial charge in [-0.25, -0.2) is 9.78 Å². The number of rotatable bonds is 3. The first-order valence-electron chi connectivity index (χ1n) is 8.96. The topological polar surface area (TPSA) is 102 Å². The fraction of sp³-hybridized carbons (Fsp3) is 0.263. The monoisotopic (exact) mass is 412 g/mol. The summed E-state index contributed by atoms with van der Waals surface area (Å²) >= 11 is 1.31. The number of fused-ring (bicyclic) bond motifs is 2. The Bertz CT molecular complexity index is 1220. The van der Waals surface area contributed by atoms with Crippen molar-refractivity contribution in [2.24, 2.45) is 0 Å². The van der Waals surface area contributed by atoms with E-state index >= 15 is 0 Å². The van der Waals surface area contributed by atoms with E-state index < -0.39 is 17.5 Å². The van der Waals surface area contributed by atoms with E-state index in [1.807, 2.05) is 0 Å². The van der Waals surface area contributed by atoms with Crippen LogP contribution in [0.25, 0.3) is 4.96 Å². The summed E-state index contributed by atoms with van der Waals surface area (Å²) < 4.78 is 12.5. The average molecular weight is 412 g/mol. The van der Waals surface area contributed by atoms with Crippen molar-refractivity contribution in [2.45, 2.75) is 19.0 Å². The van der Waals surface area contributed by atoms with Gasteiger partial charge in [0.2, 0.25) is 0 Å². The van der Waals surface area contributed by atoms with Crippen LogP contribution in [-0.4, -0.2) is 39.4 Å². The molecule has 2 aliphatic rings. The quantitative estimate of drug-likeness (QED) is 0.654. The Kier molecular flexibility index (Phi) is 3.85. The van der Waals surface area contributed by atoms with Gasteiger partial charge in [-0.3, -0.25) is 18.9 Å². The first-order valence-corrected chi connectivity index (χ1v) is 9.84. The highest BCUT2D eigenvalue weighted by Crippen LogP contribution is 2.37. The Hall–Kier alpha value is -3.40. The van der Waals surface area contributed by atoms with Gasteiger partial charge >= 0.3 is 6.03 Å². The lowest BCUT2D eigenvalue weighted by molar-refractivity contribution is -0.131. The molecule has 1 fully saturated rings. The number of amides is 3. The lowest BCUT2D eigenvalue weighted by atomic mass is 9.91. The maximum Gasteiger partial charge on any atom is 0.325 e. The second-order valence-electron chi connectivity index (χ2n) is 6.95. The number of imide groups is 1. The second-order valence-corrected chi connectivity index (χ2v) is 7.82. The van der Waals surface area contributed by atoms with Crippen LogP contribution in [0.2, 0.25) is 0 Å². The van der Waals surface area contributed by atoms with Crippen molar-refractivity contribution in [3.8, 4) is 11.5 Å². The molecule has 3 aromatic rings. The van der Waals surface area contributed by atoms with Crippen LogP contribution >= 0.6 is 11.3 Å². The summed E-state index contributed by atoms with van der Waals surface area (Å²) in [7, 11) is 0. The molecule has 0 aliphatic carbocycles. The summed E-state index contributed by atoms with van der Waals surface area (Å²) in [5.41, 5.74) is -0.570. The number of carbonyl (C=O) groups excluding carboxylic acids is 2. The van der Waals surface area contributed by atoms with E-state index in [0.29, 0.717) is 40.9 Å². The van der Waals surface area contributed by atoms with E-state index in [-0.39, 0.29) is 12.1 Å². The van der Waals surface area contributed by atoms with Crippen molar-refractivity contribution in [3.05, 3.63) is 57.5 Å². The molecule has 1 atom stereocenters. The number of nitrogens with one attached hydrogen (secondary N) is 1. The molecule has 5 rings (SSSR count). The number of hydrogen-bond donors (Lipinski definition) is 1. The zero-order valence-electron chi connectivity index (χ0n) is 15.4. The number of ether oxygens (including phenoxy) is 2. The standard InChI is InChI=1S/C19H16N4O5S/c1-19(11-2-3-13-14(8-11)28-6-5-27-13)16(25)23(17(26)21-19)10-12-9-15(24)22-4-7-29-18(22)20-12/h2-4,7-9H,5-6,10H2,1H3,(H,21,26)/t19-/m1/s1. The molecule has 3 amide bonds. The molecule has 0 bridgehead atoms. The Labute approximate surface area is 168 Å². The summed E-state index contributed by atoms with van der Waals surface area (Å²) in [6.45, 7) is 2.44. The van der Waals surface area contributed by atoms with Crippen LogP contribution in [-0.2, 0) is 16.9 Å². The molecule has 2 aromatic heterocycles. The molecule has 10 heteroatoms. The van der Waals surface area contributed by atoms with Crippen LogP contribution in [0.1, 0.15) is 18.2 Å². The van der Waals surface area contributed by atoms with Crippen molar-refractivity contribution in [3.63, 3.8) is 0 Å². The zero-order chi connectivity index (χ0) is 20.2. The number of urea groups is 1. The number of benzene rings is 1. The molecule has 29 heavy (non-hydrogen) atoms. The van der Waals surface area contributed by atoms with Gasteiger partial charge in [-0.15, -0.1) is 11.3 Å². The lowest BCUT2D eigenvalue weighted by Crippen LogP contribution is -2.41. The van der Waals surface area contributed by atoms with Crippen LogP contribution in [0.5, 0.6) is 11.5 Å². The average Bonchev–Trinajstić information content (AvgIpc) is 3.27. The minimum atomic E-state index is -1.25. The molecule has 1 N–H and O–H groups in total. The molecule has 148 valence electrons. The van der Waals surface area contributed by atoms with Crippen LogP contribution in [0.3, 0.4) is 0 Å². The summed E-state index contributed by atoms with van der Waals surface area (Å²) in [6.07, 6.45) is 1.63. The van der Waals surface area contributed by atoms with Gasteiger partial charge in [0.05, 0.1) is 12.2 Å². The SMILES string of the molecule is C[C@]1(c2ccc3c(c2)OCCO3)NC(=O)N(Cc2cc(=O)n3ccsc3n2)C1=O. The molecule has 0 saturated carbocycles. The Morgan fingerprint density at radius 3 is 2.79 bits per heavy atom. The zero-order valence-corrected chi connectivity index (χ0v) is 16.2. The molecule has 0 unspecified atom stereocenters. The molecule has 2 aliphatic heterocycles. The fourth-order valence-electron chi connectivity index (χ4n) is 3.52. The van der Waals surface area contributed by atoms with Crippen LogP contribution in [0.15, 0.2) is 40.6 Å². The maximum absolute atomic E-state index is 13.2. The summed E-state index contributed by atoms with van der Waals surface area (Å²) in [6, 6.07) is 5.96. The Morgan fingerprint density at radius 2 is 1.97 bits per heavy atom. The third-order valence-corrected chi connectivity index (χ3v) is 5.83. The highest BCUT2D eigenvalue weighted by Gasteiger charge is 2.49. The molecule has 0 radical (unpaired) electrons. The fourth-order valence-corrected chi connectivity index (χ4v) is 4.26. The number of carbonyl (C=O) groups is 2. The number of aromatic nitrogens is 2. The van der Waals surface area contributed by atoms with Gasteiger partial charge in [0.25, 0.3) is 11.5 Å². The van der Waals surface area contributed by atoms with Gasteiger partial charge in [-0.05, 0) is 24.6 Å². The normalized spacial score (nSPS) is 20.9. The molecule has 9 nitrogen and oxygen atoms in total. The van der Waals surface area contributed by atoms with Crippen molar-refractivity contribution >= 4 is 28.2 Å². The highest BCUT2D eigenvalue weighted by atomic mass is 32.1. The van der Waals surface area contributed by atoms with Crippen LogP contribution in [0.4, 0.5) is 4.79 Å². The van der Waals surface area contributed by atoms with E-state index in [0.717, 1.165) is 4.90 Å². The smallest absolute Gasteiger partial charge is 0.325 e. The summed E-state index contributed by atoms with van der Waals surface area (Å²) in [5.74, 6) is 0.715. The predicted octanol–water partition coefficient (Wildman–Crippen LogP) is 1.49. The van der Waals surface area contributed by atoms with Crippen molar-refractivity contribution in [2.75, 3.05) is 13.2 Å². The van der Waals surface area contributed by atoms with Crippen molar-refractivity contribution in [1.29, 1.82) is 0 Å². The second kappa shape index (κ2) is 6.31. The predicted molar refractivity (Wildman–Crippen MR) is 103 cm³/mol. The van der Waals surface area contributed by atoms with Crippen molar-refractivity contribution in [1.82, 2.24) is 19.6 Å². The van der Waals surface area contributed by atoms with Crippen LogP contribution in [0, 0.1) is 0 Å². The first kappa shape index (κ1) is 17.7. The minimum absolute atomic E-state index is 0.0888. The maximum atomic E-state index is 13.2. The van der Waals surface area contributed by atoms with Gasteiger partial charge in [0.15, 0.2) is 16.5 Å². The van der Waals surface area contributed by atoms with Crippen molar-refractivity contribution < 1.29 is 19.1 Å². The molecule has 1 saturated heterocycles. The summed E-state index contributed by atoms with van der Waals surface area (Å²) in [5, 5.41) is 4.50. The third-order valence-electron chi connectivity index (χ3n) is 5.07. The van der Waals surface area contributed by atoms with Crippen LogP contribution < -0.4 is 20.3 Å². The first-order chi connectivity index (χ1) is 14.0. The highest BCUT2D eigenvalue weighted by molar-refractivity contribution is 7.15. The largest absolute Gasteiger partial charge is 0.486 e. The van der Waals surface area contributed by atoms with E-state index in [4.69, 9.17) is 9.47 Å². The number of hydrogen-bond acceptors (Lipinski definition) is 7.